The van der Waals surface area contributed by atoms with Crippen molar-refractivity contribution < 1.29 is 19.4 Å². The summed E-state index contributed by atoms with van der Waals surface area (Å²) in [5.41, 5.74) is 1.50. The van der Waals surface area contributed by atoms with E-state index in [9.17, 15) is 9.59 Å². The van der Waals surface area contributed by atoms with Gasteiger partial charge in [0.15, 0.2) is 6.10 Å². The predicted molar refractivity (Wildman–Crippen MR) is 66.4 cm³/mol. The Hall–Kier alpha value is -1.82. The van der Waals surface area contributed by atoms with Gasteiger partial charge in [-0.2, -0.15) is 0 Å². The molecule has 1 N–H and O–H groups in total. The van der Waals surface area contributed by atoms with Crippen molar-refractivity contribution in [2.45, 2.75) is 31.4 Å². The molecule has 19 heavy (non-hydrogen) atoms. The van der Waals surface area contributed by atoms with E-state index in [2.05, 4.69) is 9.72 Å². The SMILES string of the molecule is O=C(O)OC1Cc2cnc(Cl)cc2N(C2CC2)C1=O. The highest BCUT2D eigenvalue weighted by Gasteiger charge is 2.43. The van der Waals surface area contributed by atoms with Crippen molar-refractivity contribution >= 4 is 29.4 Å². The van der Waals surface area contributed by atoms with E-state index < -0.39 is 12.3 Å². The lowest BCUT2D eigenvalue weighted by Crippen LogP contribution is -2.47. The first-order valence-corrected chi connectivity index (χ1v) is 6.31. The van der Waals surface area contributed by atoms with Gasteiger partial charge < -0.3 is 14.7 Å². The van der Waals surface area contributed by atoms with Crippen LogP contribution in [0.3, 0.4) is 0 Å². The Morgan fingerprint density at radius 2 is 2.26 bits per heavy atom. The first-order chi connectivity index (χ1) is 9.06. The second-order valence-corrected chi connectivity index (χ2v) is 5.04. The molecule has 1 aromatic rings. The molecule has 1 saturated carbocycles. The van der Waals surface area contributed by atoms with Gasteiger partial charge in [0.1, 0.15) is 5.15 Å². The topological polar surface area (TPSA) is 79.7 Å². The van der Waals surface area contributed by atoms with Crippen LogP contribution in [0.4, 0.5) is 10.5 Å². The number of halogens is 1. The molecule has 1 aromatic heterocycles. The van der Waals surface area contributed by atoms with Crippen LogP contribution in [0.1, 0.15) is 18.4 Å². The summed E-state index contributed by atoms with van der Waals surface area (Å²) in [5, 5.41) is 9.00. The molecule has 1 aliphatic carbocycles. The molecule has 0 spiro atoms. The highest BCUT2D eigenvalue weighted by atomic mass is 35.5. The summed E-state index contributed by atoms with van der Waals surface area (Å²) in [6.07, 6.45) is 1.15. The Balaban J connectivity index is 1.99. The van der Waals surface area contributed by atoms with E-state index in [0.29, 0.717) is 5.15 Å². The Kier molecular flexibility index (Phi) is 2.82. The fourth-order valence-electron chi connectivity index (χ4n) is 2.31. The highest BCUT2D eigenvalue weighted by molar-refractivity contribution is 6.29. The van der Waals surface area contributed by atoms with E-state index in [-0.39, 0.29) is 18.4 Å². The zero-order chi connectivity index (χ0) is 13.6. The van der Waals surface area contributed by atoms with Crippen LogP contribution in [-0.4, -0.2) is 34.3 Å². The molecule has 1 amide bonds. The van der Waals surface area contributed by atoms with Crippen LogP contribution >= 0.6 is 11.6 Å². The molecule has 2 heterocycles. The predicted octanol–water partition coefficient (Wildman–Crippen LogP) is 1.85. The average Bonchev–Trinajstić information content (AvgIpc) is 3.14. The summed E-state index contributed by atoms with van der Waals surface area (Å²) in [6, 6.07) is 1.76. The minimum absolute atomic E-state index is 0.116. The summed E-state index contributed by atoms with van der Waals surface area (Å²) in [6.45, 7) is 0. The van der Waals surface area contributed by atoms with Crippen molar-refractivity contribution in [3.63, 3.8) is 0 Å². The van der Waals surface area contributed by atoms with Crippen molar-refractivity contribution in [3.8, 4) is 0 Å². The van der Waals surface area contributed by atoms with Gasteiger partial charge in [0.25, 0.3) is 5.91 Å². The molecule has 3 rings (SSSR count). The van der Waals surface area contributed by atoms with Gasteiger partial charge in [0, 0.05) is 18.7 Å². The van der Waals surface area contributed by atoms with Crippen molar-refractivity contribution in [3.05, 3.63) is 23.0 Å². The summed E-state index contributed by atoms with van der Waals surface area (Å²) < 4.78 is 4.66. The minimum Gasteiger partial charge on any atom is -0.450 e. The van der Waals surface area contributed by atoms with Gasteiger partial charge in [-0.25, -0.2) is 9.78 Å². The van der Waals surface area contributed by atoms with Crippen LogP contribution in [0.2, 0.25) is 5.15 Å². The van der Waals surface area contributed by atoms with E-state index >= 15 is 0 Å². The van der Waals surface area contributed by atoms with Crippen LogP contribution in [-0.2, 0) is 16.0 Å². The van der Waals surface area contributed by atoms with Crippen LogP contribution in [0, 0.1) is 0 Å². The van der Waals surface area contributed by atoms with Crippen LogP contribution < -0.4 is 4.90 Å². The maximum atomic E-state index is 12.3. The Morgan fingerprint density at radius 1 is 1.53 bits per heavy atom. The third kappa shape index (κ3) is 2.23. The van der Waals surface area contributed by atoms with Crippen molar-refractivity contribution in [2.24, 2.45) is 0 Å². The number of carbonyl (C=O) groups is 2. The number of carboxylic acid groups (broad SMARTS) is 1. The summed E-state index contributed by atoms with van der Waals surface area (Å²) in [5.74, 6) is -0.320. The summed E-state index contributed by atoms with van der Waals surface area (Å²) >= 11 is 5.86. The molecular formula is C12H11ClN2O4. The number of carbonyl (C=O) groups excluding carboxylic acids is 1. The number of hydrogen-bond acceptors (Lipinski definition) is 4. The third-order valence-corrected chi connectivity index (χ3v) is 3.47. The maximum absolute atomic E-state index is 12.3. The molecule has 1 fully saturated rings. The monoisotopic (exact) mass is 282 g/mol. The molecule has 7 heteroatoms. The molecule has 1 aliphatic heterocycles. The molecule has 0 radical (unpaired) electrons. The number of hydrogen-bond donors (Lipinski definition) is 1. The number of rotatable bonds is 2. The van der Waals surface area contributed by atoms with E-state index in [1.807, 2.05) is 0 Å². The molecule has 0 bridgehead atoms. The molecule has 2 aliphatic rings. The van der Waals surface area contributed by atoms with Crippen LogP contribution in [0.25, 0.3) is 0 Å². The summed E-state index contributed by atoms with van der Waals surface area (Å²) in [4.78, 5) is 28.5. The Labute approximate surface area is 113 Å². The van der Waals surface area contributed by atoms with Gasteiger partial charge in [0.2, 0.25) is 0 Å². The lowest BCUT2D eigenvalue weighted by molar-refractivity contribution is -0.128. The standard InChI is InChI=1S/C12H11ClN2O4/c13-10-4-8-6(5-14-10)3-9(19-12(17)18)11(16)15(8)7-1-2-7/h4-5,7,9H,1-3H2,(H,17,18). The van der Waals surface area contributed by atoms with Crippen LogP contribution in [0.15, 0.2) is 12.3 Å². The molecule has 1 unspecified atom stereocenters. The number of ether oxygens (including phenoxy) is 1. The third-order valence-electron chi connectivity index (χ3n) is 3.26. The molecule has 1 atom stereocenters. The Morgan fingerprint density at radius 3 is 2.89 bits per heavy atom. The molecule has 0 saturated heterocycles. The number of aromatic nitrogens is 1. The van der Waals surface area contributed by atoms with E-state index in [1.54, 1.807) is 17.2 Å². The lowest BCUT2D eigenvalue weighted by Gasteiger charge is -2.33. The Bertz CT molecular complexity index is 559. The molecule has 0 aromatic carbocycles. The zero-order valence-corrected chi connectivity index (χ0v) is 10.6. The maximum Gasteiger partial charge on any atom is 0.506 e. The number of amides is 1. The number of fused-ring (bicyclic) bond motifs is 1. The fourth-order valence-corrected chi connectivity index (χ4v) is 2.47. The smallest absolute Gasteiger partial charge is 0.450 e. The molecule has 100 valence electrons. The van der Waals surface area contributed by atoms with Crippen molar-refractivity contribution in [2.75, 3.05) is 4.90 Å². The van der Waals surface area contributed by atoms with E-state index in [0.717, 1.165) is 24.1 Å². The van der Waals surface area contributed by atoms with Gasteiger partial charge in [-0.3, -0.25) is 4.79 Å². The minimum atomic E-state index is -1.44. The largest absolute Gasteiger partial charge is 0.506 e. The second-order valence-electron chi connectivity index (χ2n) is 4.65. The van der Waals surface area contributed by atoms with Crippen molar-refractivity contribution in [1.29, 1.82) is 0 Å². The fraction of sp³-hybridized carbons (Fsp3) is 0.417. The van der Waals surface area contributed by atoms with Gasteiger partial charge in [-0.1, -0.05) is 11.6 Å². The first-order valence-electron chi connectivity index (χ1n) is 5.93. The van der Waals surface area contributed by atoms with Gasteiger partial charge in [-0.05, 0) is 24.5 Å². The summed E-state index contributed by atoms with van der Waals surface area (Å²) in [7, 11) is 0. The van der Waals surface area contributed by atoms with Crippen LogP contribution in [0.5, 0.6) is 0 Å². The number of pyridine rings is 1. The average molecular weight is 283 g/mol. The first kappa shape index (κ1) is 12.2. The quantitative estimate of drug-likeness (QED) is 0.661. The van der Waals surface area contributed by atoms with Gasteiger partial charge in [-0.15, -0.1) is 0 Å². The van der Waals surface area contributed by atoms with E-state index in [1.165, 1.54) is 0 Å². The normalized spacial score (nSPS) is 22.1. The molecule has 6 nitrogen and oxygen atoms in total. The molecular weight excluding hydrogens is 272 g/mol. The highest BCUT2D eigenvalue weighted by Crippen LogP contribution is 2.38. The van der Waals surface area contributed by atoms with Gasteiger partial charge in [0.05, 0.1) is 5.69 Å². The van der Waals surface area contributed by atoms with Gasteiger partial charge >= 0.3 is 6.16 Å². The van der Waals surface area contributed by atoms with E-state index in [4.69, 9.17) is 16.7 Å². The second kappa shape index (κ2) is 4.38. The lowest BCUT2D eigenvalue weighted by atomic mass is 10.0. The van der Waals surface area contributed by atoms with Crippen molar-refractivity contribution in [1.82, 2.24) is 4.98 Å². The zero-order valence-electron chi connectivity index (χ0n) is 9.88. The number of anilines is 1. The number of nitrogens with zero attached hydrogens (tertiary/aromatic N) is 2.